The van der Waals surface area contributed by atoms with Gasteiger partial charge in [-0.15, -0.1) is 0 Å². The van der Waals surface area contributed by atoms with Gasteiger partial charge < -0.3 is 9.53 Å². The SMILES string of the molecule is CCC(/C=C/C(=O)C(C)C(O)c1ccccc1)C(C)O[Si](CC)(CC)CC. The normalized spacial score (nSPS) is 16.9. The fourth-order valence-corrected chi connectivity index (χ4v) is 6.53. The van der Waals surface area contributed by atoms with E-state index in [1.807, 2.05) is 36.4 Å². The number of ketones is 1. The summed E-state index contributed by atoms with van der Waals surface area (Å²) in [6, 6.07) is 12.8. The Morgan fingerprint density at radius 2 is 1.63 bits per heavy atom. The number of allylic oxidation sites excluding steroid dienone is 1. The van der Waals surface area contributed by atoms with Crippen molar-refractivity contribution in [3.63, 3.8) is 0 Å². The second kappa shape index (κ2) is 11.6. The quantitative estimate of drug-likeness (QED) is 0.356. The number of hydrogen-bond donors (Lipinski definition) is 1. The van der Waals surface area contributed by atoms with E-state index in [9.17, 15) is 9.90 Å². The minimum Gasteiger partial charge on any atom is -0.414 e. The lowest BCUT2D eigenvalue weighted by molar-refractivity contribution is -0.121. The van der Waals surface area contributed by atoms with E-state index in [-0.39, 0.29) is 17.8 Å². The Kier molecular flexibility index (Phi) is 10.2. The zero-order valence-corrected chi connectivity index (χ0v) is 18.9. The summed E-state index contributed by atoms with van der Waals surface area (Å²) in [5.41, 5.74) is 0.778. The molecule has 1 aromatic carbocycles. The van der Waals surface area contributed by atoms with E-state index in [2.05, 4.69) is 34.6 Å². The Bertz CT molecular complexity index is 572. The van der Waals surface area contributed by atoms with E-state index in [1.165, 1.54) is 0 Å². The molecule has 0 amide bonds. The van der Waals surface area contributed by atoms with Crippen LogP contribution in [0.5, 0.6) is 0 Å². The lowest BCUT2D eigenvalue weighted by Crippen LogP contribution is -2.41. The summed E-state index contributed by atoms with van der Waals surface area (Å²) >= 11 is 0. The minimum atomic E-state index is -1.66. The first-order valence-electron chi connectivity index (χ1n) is 10.5. The van der Waals surface area contributed by atoms with E-state index in [4.69, 9.17) is 4.43 Å². The molecule has 1 rings (SSSR count). The van der Waals surface area contributed by atoms with Gasteiger partial charge in [0.2, 0.25) is 0 Å². The summed E-state index contributed by atoms with van der Waals surface area (Å²) in [4.78, 5) is 12.6. The zero-order valence-electron chi connectivity index (χ0n) is 17.9. The Hall–Kier alpha value is -1.23. The molecule has 0 saturated heterocycles. The van der Waals surface area contributed by atoms with Gasteiger partial charge in [0.1, 0.15) is 0 Å². The molecule has 0 aliphatic rings. The molecule has 0 fully saturated rings. The van der Waals surface area contributed by atoms with Crippen molar-refractivity contribution in [3.8, 4) is 0 Å². The molecule has 27 heavy (non-hydrogen) atoms. The van der Waals surface area contributed by atoms with Gasteiger partial charge in [-0.2, -0.15) is 0 Å². The number of aliphatic hydroxyl groups is 1. The van der Waals surface area contributed by atoms with Crippen LogP contribution in [0.2, 0.25) is 18.1 Å². The van der Waals surface area contributed by atoms with Gasteiger partial charge in [0.15, 0.2) is 14.1 Å². The van der Waals surface area contributed by atoms with Gasteiger partial charge in [0, 0.05) is 17.9 Å². The number of benzene rings is 1. The summed E-state index contributed by atoms with van der Waals surface area (Å²) < 4.78 is 6.58. The van der Waals surface area contributed by atoms with E-state index >= 15 is 0 Å². The molecule has 0 aromatic heterocycles. The molecule has 3 nitrogen and oxygen atoms in total. The molecule has 4 atom stereocenters. The first-order chi connectivity index (χ1) is 12.8. The second-order valence-electron chi connectivity index (χ2n) is 7.54. The van der Waals surface area contributed by atoms with Crippen LogP contribution in [0.1, 0.15) is 59.6 Å². The average molecular weight is 391 g/mol. The maximum Gasteiger partial charge on any atom is 0.192 e. The van der Waals surface area contributed by atoms with Gasteiger partial charge in [-0.25, -0.2) is 0 Å². The van der Waals surface area contributed by atoms with Crippen molar-refractivity contribution < 1.29 is 14.3 Å². The van der Waals surface area contributed by atoms with Crippen LogP contribution in [0.25, 0.3) is 0 Å². The van der Waals surface area contributed by atoms with Gasteiger partial charge >= 0.3 is 0 Å². The maximum absolute atomic E-state index is 12.6. The van der Waals surface area contributed by atoms with Gasteiger partial charge in [0.25, 0.3) is 0 Å². The topological polar surface area (TPSA) is 46.5 Å². The van der Waals surface area contributed by atoms with Crippen LogP contribution in [0.15, 0.2) is 42.5 Å². The Morgan fingerprint density at radius 3 is 2.11 bits per heavy atom. The van der Waals surface area contributed by atoms with Crippen molar-refractivity contribution in [1.82, 2.24) is 0 Å². The first kappa shape index (κ1) is 23.8. The van der Waals surface area contributed by atoms with Crippen molar-refractivity contribution in [2.45, 2.75) is 78.3 Å². The van der Waals surface area contributed by atoms with Gasteiger partial charge in [0.05, 0.1) is 6.10 Å². The molecule has 0 aliphatic heterocycles. The number of carbonyl (C=O) groups is 1. The van der Waals surface area contributed by atoms with E-state index in [0.717, 1.165) is 30.1 Å². The Morgan fingerprint density at radius 1 is 1.07 bits per heavy atom. The highest BCUT2D eigenvalue weighted by Crippen LogP contribution is 2.28. The Balaban J connectivity index is 2.77. The number of rotatable bonds is 12. The molecule has 0 radical (unpaired) electrons. The molecular formula is C23H38O3Si. The third kappa shape index (κ3) is 6.70. The highest BCUT2D eigenvalue weighted by atomic mass is 28.4. The first-order valence-corrected chi connectivity index (χ1v) is 13.0. The van der Waals surface area contributed by atoms with Crippen molar-refractivity contribution >= 4 is 14.1 Å². The van der Waals surface area contributed by atoms with Crippen molar-refractivity contribution in [2.75, 3.05) is 0 Å². The lowest BCUT2D eigenvalue weighted by Gasteiger charge is -2.34. The van der Waals surface area contributed by atoms with Gasteiger partial charge in [-0.3, -0.25) is 4.79 Å². The standard InChI is InChI=1S/C23H38O3Si/c1-7-20(19(6)26-27(8-2,9-3)10-4)16-17-22(24)18(5)23(25)21-14-12-11-13-15-21/h11-20,23,25H,7-10H2,1-6H3/b17-16+. The molecule has 0 saturated carbocycles. The monoisotopic (exact) mass is 390 g/mol. The molecule has 4 unspecified atom stereocenters. The second-order valence-corrected chi connectivity index (χ2v) is 12.3. The van der Waals surface area contributed by atoms with Crippen LogP contribution < -0.4 is 0 Å². The van der Waals surface area contributed by atoms with E-state index < -0.39 is 20.3 Å². The molecule has 0 heterocycles. The predicted molar refractivity (Wildman–Crippen MR) is 116 cm³/mol. The summed E-state index contributed by atoms with van der Waals surface area (Å²) in [5.74, 6) is -0.290. The fraction of sp³-hybridized carbons (Fsp3) is 0.609. The molecular weight excluding hydrogens is 352 g/mol. The molecule has 4 heteroatoms. The number of hydrogen-bond acceptors (Lipinski definition) is 3. The van der Waals surface area contributed by atoms with Crippen LogP contribution in [0, 0.1) is 11.8 Å². The average Bonchev–Trinajstić information content (AvgIpc) is 2.71. The summed E-state index contributed by atoms with van der Waals surface area (Å²) in [7, 11) is -1.66. The third-order valence-corrected chi connectivity index (χ3v) is 10.8. The summed E-state index contributed by atoms with van der Waals surface area (Å²) in [5, 5.41) is 10.5. The van der Waals surface area contributed by atoms with E-state index in [0.29, 0.717) is 0 Å². The van der Waals surface area contributed by atoms with Crippen LogP contribution in [0.3, 0.4) is 0 Å². The van der Waals surface area contributed by atoms with Crippen LogP contribution in [-0.2, 0) is 9.22 Å². The Labute approximate surface area is 167 Å². The molecule has 152 valence electrons. The summed E-state index contributed by atoms with van der Waals surface area (Å²) in [6.45, 7) is 12.8. The van der Waals surface area contributed by atoms with E-state index in [1.54, 1.807) is 13.0 Å². The maximum atomic E-state index is 12.6. The van der Waals surface area contributed by atoms with Crippen molar-refractivity contribution in [3.05, 3.63) is 48.0 Å². The minimum absolute atomic E-state index is 0.0398. The summed E-state index contributed by atoms with van der Waals surface area (Å²) in [6.07, 6.45) is 3.90. The van der Waals surface area contributed by atoms with Crippen molar-refractivity contribution in [1.29, 1.82) is 0 Å². The molecule has 0 bridgehead atoms. The highest BCUT2D eigenvalue weighted by molar-refractivity contribution is 6.73. The van der Waals surface area contributed by atoms with Crippen LogP contribution in [-0.4, -0.2) is 25.3 Å². The van der Waals surface area contributed by atoms with Crippen LogP contribution >= 0.6 is 0 Å². The lowest BCUT2D eigenvalue weighted by atomic mass is 9.92. The molecule has 1 aromatic rings. The molecule has 0 spiro atoms. The largest absolute Gasteiger partial charge is 0.414 e. The highest BCUT2D eigenvalue weighted by Gasteiger charge is 2.32. The number of aliphatic hydroxyl groups excluding tert-OH is 1. The predicted octanol–water partition coefficient (Wildman–Crippen LogP) is 5.92. The molecule has 0 aliphatic carbocycles. The van der Waals surface area contributed by atoms with Gasteiger partial charge in [-0.1, -0.05) is 71.0 Å². The fourth-order valence-electron chi connectivity index (χ4n) is 3.57. The third-order valence-electron chi connectivity index (χ3n) is 6.01. The van der Waals surface area contributed by atoms with Crippen molar-refractivity contribution in [2.24, 2.45) is 11.8 Å². The smallest absolute Gasteiger partial charge is 0.192 e. The zero-order chi connectivity index (χ0) is 20.4. The molecule has 1 N–H and O–H groups in total. The van der Waals surface area contributed by atoms with Crippen LogP contribution in [0.4, 0.5) is 0 Å². The number of carbonyl (C=O) groups excluding carboxylic acids is 1. The van der Waals surface area contributed by atoms with Gasteiger partial charge in [-0.05, 0) is 43.1 Å².